The minimum Gasteiger partial charge on any atom is -0.336 e. The van der Waals surface area contributed by atoms with Gasteiger partial charge in [-0.1, -0.05) is 42.5 Å². The highest BCUT2D eigenvalue weighted by Crippen LogP contribution is 2.33. The zero-order valence-corrected chi connectivity index (χ0v) is 17.3. The SMILES string of the molecule is NC(CC(=O)N1CCCC1c1ccccc1)c1ccc(C(=O)Nc2ccncc2)cc1. The van der Waals surface area contributed by atoms with Crippen molar-refractivity contribution in [2.45, 2.75) is 31.3 Å². The first kappa shape index (κ1) is 20.8. The Bertz CT molecular complexity index is 1020. The average Bonchev–Trinajstić information content (AvgIpc) is 3.31. The van der Waals surface area contributed by atoms with Gasteiger partial charge in [-0.25, -0.2) is 0 Å². The van der Waals surface area contributed by atoms with Crippen LogP contribution in [0.5, 0.6) is 0 Å². The molecule has 2 aromatic carbocycles. The molecule has 3 N–H and O–H groups in total. The Kier molecular flexibility index (Phi) is 6.38. The number of pyridine rings is 1. The summed E-state index contributed by atoms with van der Waals surface area (Å²) in [5, 5.41) is 2.83. The minimum absolute atomic E-state index is 0.0679. The summed E-state index contributed by atoms with van der Waals surface area (Å²) in [6.45, 7) is 0.763. The number of carbonyl (C=O) groups is 2. The van der Waals surface area contributed by atoms with Crippen LogP contribution < -0.4 is 11.1 Å². The molecule has 1 fully saturated rings. The lowest BCUT2D eigenvalue weighted by atomic mass is 10.0. The van der Waals surface area contributed by atoms with Crippen LogP contribution in [0.4, 0.5) is 5.69 Å². The summed E-state index contributed by atoms with van der Waals surface area (Å²) in [4.78, 5) is 31.2. The molecule has 158 valence electrons. The van der Waals surface area contributed by atoms with Gasteiger partial charge in [-0.2, -0.15) is 0 Å². The van der Waals surface area contributed by atoms with Gasteiger partial charge in [0.2, 0.25) is 5.91 Å². The third kappa shape index (κ3) is 4.98. The molecular weight excluding hydrogens is 388 g/mol. The fourth-order valence-corrected chi connectivity index (χ4v) is 4.03. The predicted octanol–water partition coefficient (Wildman–Crippen LogP) is 4.09. The largest absolute Gasteiger partial charge is 0.336 e. The monoisotopic (exact) mass is 414 g/mol. The molecule has 0 bridgehead atoms. The number of likely N-dealkylation sites (tertiary alicyclic amines) is 1. The molecule has 6 heteroatoms. The fraction of sp³-hybridized carbons (Fsp3) is 0.240. The summed E-state index contributed by atoms with van der Waals surface area (Å²) in [7, 11) is 0. The lowest BCUT2D eigenvalue weighted by Crippen LogP contribution is -2.33. The predicted molar refractivity (Wildman–Crippen MR) is 120 cm³/mol. The number of nitrogens with zero attached hydrogens (tertiary/aromatic N) is 2. The maximum Gasteiger partial charge on any atom is 0.255 e. The number of nitrogens with two attached hydrogens (primary N) is 1. The number of rotatable bonds is 6. The van der Waals surface area contributed by atoms with Gasteiger partial charge in [0.1, 0.15) is 0 Å². The van der Waals surface area contributed by atoms with Gasteiger partial charge in [0.15, 0.2) is 0 Å². The second kappa shape index (κ2) is 9.53. The lowest BCUT2D eigenvalue weighted by Gasteiger charge is -2.26. The first-order valence-electron chi connectivity index (χ1n) is 10.5. The van der Waals surface area contributed by atoms with Crippen LogP contribution in [0.15, 0.2) is 79.1 Å². The normalized spacial score (nSPS) is 16.7. The molecule has 0 aliphatic carbocycles. The van der Waals surface area contributed by atoms with E-state index in [0.717, 1.165) is 24.9 Å². The second-order valence-electron chi connectivity index (χ2n) is 7.78. The average molecular weight is 415 g/mol. The van der Waals surface area contributed by atoms with Crippen molar-refractivity contribution in [1.29, 1.82) is 0 Å². The number of carbonyl (C=O) groups excluding carboxylic acids is 2. The van der Waals surface area contributed by atoms with Gasteiger partial charge in [0.25, 0.3) is 5.91 Å². The highest BCUT2D eigenvalue weighted by Gasteiger charge is 2.30. The van der Waals surface area contributed by atoms with E-state index >= 15 is 0 Å². The van der Waals surface area contributed by atoms with Crippen LogP contribution in [0.1, 0.15) is 52.8 Å². The van der Waals surface area contributed by atoms with E-state index in [1.54, 1.807) is 36.7 Å². The van der Waals surface area contributed by atoms with Crippen molar-refractivity contribution in [1.82, 2.24) is 9.88 Å². The first-order chi connectivity index (χ1) is 15.1. The summed E-state index contributed by atoms with van der Waals surface area (Å²) in [5.74, 6) is -0.136. The molecule has 31 heavy (non-hydrogen) atoms. The number of aromatic nitrogens is 1. The molecule has 1 aliphatic rings. The van der Waals surface area contributed by atoms with Gasteiger partial charge in [0, 0.05) is 42.7 Å². The maximum absolute atomic E-state index is 13.0. The molecule has 2 heterocycles. The lowest BCUT2D eigenvalue weighted by molar-refractivity contribution is -0.132. The van der Waals surface area contributed by atoms with E-state index in [9.17, 15) is 9.59 Å². The number of amides is 2. The molecule has 1 aliphatic heterocycles. The number of nitrogens with one attached hydrogen (secondary N) is 1. The van der Waals surface area contributed by atoms with Crippen LogP contribution in [0.2, 0.25) is 0 Å². The van der Waals surface area contributed by atoms with Crippen LogP contribution in [-0.4, -0.2) is 28.2 Å². The summed E-state index contributed by atoms with van der Waals surface area (Å²) in [6.07, 6.45) is 5.47. The van der Waals surface area contributed by atoms with Gasteiger partial charge in [0.05, 0.1) is 6.04 Å². The van der Waals surface area contributed by atoms with Crippen molar-refractivity contribution >= 4 is 17.5 Å². The number of benzene rings is 2. The summed E-state index contributed by atoms with van der Waals surface area (Å²) in [6, 6.07) is 20.4. The van der Waals surface area contributed by atoms with Crippen LogP contribution in [0.3, 0.4) is 0 Å². The molecule has 0 radical (unpaired) electrons. The van der Waals surface area contributed by atoms with Crippen LogP contribution in [0.25, 0.3) is 0 Å². The van der Waals surface area contributed by atoms with E-state index in [1.807, 2.05) is 35.2 Å². The van der Waals surface area contributed by atoms with Gasteiger partial charge in [-0.3, -0.25) is 14.6 Å². The van der Waals surface area contributed by atoms with Crippen molar-refractivity contribution in [3.05, 3.63) is 95.8 Å². The highest BCUT2D eigenvalue weighted by molar-refractivity contribution is 6.04. The van der Waals surface area contributed by atoms with Crippen molar-refractivity contribution in [2.24, 2.45) is 5.73 Å². The van der Waals surface area contributed by atoms with E-state index in [0.29, 0.717) is 11.3 Å². The first-order valence-corrected chi connectivity index (χ1v) is 10.5. The fourth-order valence-electron chi connectivity index (χ4n) is 4.03. The van der Waals surface area contributed by atoms with Gasteiger partial charge >= 0.3 is 0 Å². The van der Waals surface area contributed by atoms with Crippen molar-refractivity contribution in [3.8, 4) is 0 Å². The van der Waals surface area contributed by atoms with Gasteiger partial charge < -0.3 is 16.0 Å². The molecule has 2 amide bonds. The highest BCUT2D eigenvalue weighted by atomic mass is 16.2. The third-order valence-corrected chi connectivity index (χ3v) is 5.69. The zero-order chi connectivity index (χ0) is 21.6. The zero-order valence-electron chi connectivity index (χ0n) is 17.3. The van der Waals surface area contributed by atoms with Crippen molar-refractivity contribution in [3.63, 3.8) is 0 Å². The Morgan fingerprint density at radius 1 is 1.03 bits per heavy atom. The molecule has 0 saturated carbocycles. The molecule has 4 rings (SSSR count). The molecule has 1 aromatic heterocycles. The Morgan fingerprint density at radius 2 is 1.74 bits per heavy atom. The topological polar surface area (TPSA) is 88.3 Å². The van der Waals surface area contributed by atoms with E-state index in [4.69, 9.17) is 5.73 Å². The van der Waals surface area contributed by atoms with Crippen LogP contribution in [-0.2, 0) is 4.79 Å². The summed E-state index contributed by atoms with van der Waals surface area (Å²) in [5.41, 5.74) is 9.57. The third-order valence-electron chi connectivity index (χ3n) is 5.69. The number of hydrogen-bond donors (Lipinski definition) is 2. The van der Waals surface area contributed by atoms with Crippen molar-refractivity contribution in [2.75, 3.05) is 11.9 Å². The van der Waals surface area contributed by atoms with E-state index < -0.39 is 6.04 Å². The molecular formula is C25H26N4O2. The number of anilines is 1. The Labute approximate surface area is 182 Å². The molecule has 2 unspecified atom stereocenters. The molecule has 6 nitrogen and oxygen atoms in total. The van der Waals surface area contributed by atoms with Gasteiger partial charge in [-0.05, 0) is 48.2 Å². The standard InChI is InChI=1S/C25H26N4O2/c26-22(17-24(30)29-16-4-7-23(29)19-5-2-1-3-6-19)18-8-10-20(11-9-18)25(31)28-21-12-14-27-15-13-21/h1-3,5-6,8-15,22-23H,4,7,16-17,26H2,(H,27,28,31). The Hall–Kier alpha value is -3.51. The maximum atomic E-state index is 13.0. The number of hydrogen-bond acceptors (Lipinski definition) is 4. The molecule has 2 atom stereocenters. The molecule has 3 aromatic rings. The van der Waals surface area contributed by atoms with Gasteiger partial charge in [-0.15, -0.1) is 0 Å². The summed E-state index contributed by atoms with van der Waals surface area (Å²) >= 11 is 0. The summed E-state index contributed by atoms with van der Waals surface area (Å²) < 4.78 is 0. The van der Waals surface area contributed by atoms with E-state index in [2.05, 4.69) is 22.4 Å². The van der Waals surface area contributed by atoms with Crippen LogP contribution in [0, 0.1) is 0 Å². The Morgan fingerprint density at radius 3 is 2.45 bits per heavy atom. The molecule has 1 saturated heterocycles. The smallest absolute Gasteiger partial charge is 0.255 e. The van der Waals surface area contributed by atoms with Crippen LogP contribution >= 0.6 is 0 Å². The minimum atomic E-state index is -0.415. The Balaban J connectivity index is 1.37. The van der Waals surface area contributed by atoms with Crippen molar-refractivity contribution < 1.29 is 9.59 Å². The van der Waals surface area contributed by atoms with E-state index in [1.165, 1.54) is 5.56 Å². The molecule has 0 spiro atoms. The quantitative estimate of drug-likeness (QED) is 0.636. The second-order valence-corrected chi connectivity index (χ2v) is 7.78. The van der Waals surface area contributed by atoms with E-state index in [-0.39, 0.29) is 24.3 Å².